The number of alkyl halides is 1. The average molecular weight is 336 g/mol. The summed E-state index contributed by atoms with van der Waals surface area (Å²) in [6, 6.07) is 9.87. The molecule has 4 heteroatoms. The molecule has 0 N–H and O–H groups in total. The largest absolute Gasteiger partial charge is 0.136 e. The van der Waals surface area contributed by atoms with E-state index in [0.717, 1.165) is 26.4 Å². The minimum atomic E-state index is -0.0255. The Bertz CT molecular complexity index is 481. The molecule has 1 atom stereocenters. The van der Waals surface area contributed by atoms with Crippen LogP contribution in [0.25, 0.3) is 0 Å². The van der Waals surface area contributed by atoms with E-state index < -0.39 is 0 Å². The molecular formula is C12H9BrCl2S. The maximum absolute atomic E-state index is 6.35. The lowest BCUT2D eigenvalue weighted by molar-refractivity contribution is 0.925. The highest BCUT2D eigenvalue weighted by atomic mass is 79.9. The normalized spacial score (nSPS) is 12.7. The molecule has 1 aromatic heterocycles. The quantitative estimate of drug-likeness (QED) is 0.632. The molecule has 0 radical (unpaired) electrons. The summed E-state index contributed by atoms with van der Waals surface area (Å²) in [5.41, 5.74) is 2.23. The smallest absolute Gasteiger partial charge is 0.0701 e. The molecule has 0 nitrogen and oxygen atoms in total. The van der Waals surface area contributed by atoms with Gasteiger partial charge in [-0.2, -0.15) is 0 Å². The molecule has 0 fully saturated rings. The number of rotatable bonds is 3. The number of thiophene rings is 1. The van der Waals surface area contributed by atoms with Crippen molar-refractivity contribution < 1.29 is 0 Å². The molecule has 0 aliphatic rings. The molecule has 84 valence electrons. The average Bonchev–Trinajstić information content (AvgIpc) is 2.68. The molecule has 1 unspecified atom stereocenters. The van der Waals surface area contributed by atoms with E-state index in [1.807, 2.05) is 24.3 Å². The molecule has 2 rings (SSSR count). The van der Waals surface area contributed by atoms with Gasteiger partial charge in [0.05, 0.1) is 9.16 Å². The van der Waals surface area contributed by atoms with Crippen molar-refractivity contribution in [1.82, 2.24) is 0 Å². The maximum Gasteiger partial charge on any atom is 0.0701 e. The summed E-state index contributed by atoms with van der Waals surface area (Å²) < 4.78 is 1.10. The van der Waals surface area contributed by atoms with Gasteiger partial charge in [-0.15, -0.1) is 22.9 Å². The summed E-state index contributed by atoms with van der Waals surface area (Å²) in [7, 11) is 0. The van der Waals surface area contributed by atoms with Gasteiger partial charge in [0.15, 0.2) is 0 Å². The van der Waals surface area contributed by atoms with Crippen molar-refractivity contribution in [3.8, 4) is 0 Å². The van der Waals surface area contributed by atoms with E-state index in [1.54, 1.807) is 11.3 Å². The van der Waals surface area contributed by atoms with Crippen LogP contribution in [0.4, 0.5) is 0 Å². The van der Waals surface area contributed by atoms with Crippen molar-refractivity contribution in [1.29, 1.82) is 0 Å². The van der Waals surface area contributed by atoms with Crippen molar-refractivity contribution in [2.45, 2.75) is 11.8 Å². The minimum absolute atomic E-state index is 0.0255. The van der Waals surface area contributed by atoms with Gasteiger partial charge >= 0.3 is 0 Å². The minimum Gasteiger partial charge on any atom is -0.136 e. The van der Waals surface area contributed by atoms with Crippen LogP contribution in [0.1, 0.15) is 16.5 Å². The second kappa shape index (κ2) is 5.54. The zero-order chi connectivity index (χ0) is 11.5. The molecule has 0 aliphatic carbocycles. The van der Waals surface area contributed by atoms with E-state index in [4.69, 9.17) is 23.2 Å². The lowest BCUT2D eigenvalue weighted by atomic mass is 10.1. The van der Waals surface area contributed by atoms with Crippen LogP contribution in [0.2, 0.25) is 5.02 Å². The summed E-state index contributed by atoms with van der Waals surface area (Å²) in [4.78, 5) is 0. The molecule has 0 spiro atoms. The maximum atomic E-state index is 6.35. The van der Waals surface area contributed by atoms with Crippen LogP contribution < -0.4 is 0 Å². The molecule has 0 bridgehead atoms. The first-order valence-corrected chi connectivity index (χ1v) is 7.27. The first-order chi connectivity index (χ1) is 7.66. The van der Waals surface area contributed by atoms with Crippen LogP contribution in [0.3, 0.4) is 0 Å². The first kappa shape index (κ1) is 12.4. The fraction of sp³-hybridized carbons (Fsp3) is 0.167. The number of hydrogen-bond donors (Lipinski definition) is 0. The molecule has 1 heterocycles. The summed E-state index contributed by atoms with van der Waals surface area (Å²) in [6.07, 6.45) is 0.754. The Morgan fingerprint density at radius 1 is 1.31 bits per heavy atom. The third-order valence-corrected chi connectivity index (χ3v) is 4.60. The van der Waals surface area contributed by atoms with Gasteiger partial charge in [-0.25, -0.2) is 0 Å². The SMILES string of the molecule is Clc1ccccc1CC(Cl)c1csc(Br)c1. The molecule has 2 aromatic rings. The second-order valence-corrected chi connectivity index (χ2v) is 6.67. The molecule has 16 heavy (non-hydrogen) atoms. The van der Waals surface area contributed by atoms with Crippen LogP contribution >= 0.6 is 50.5 Å². The Labute approximate surface area is 117 Å². The van der Waals surface area contributed by atoms with E-state index in [1.165, 1.54) is 0 Å². The topological polar surface area (TPSA) is 0 Å². The van der Waals surface area contributed by atoms with E-state index in [9.17, 15) is 0 Å². The van der Waals surface area contributed by atoms with Crippen LogP contribution in [-0.2, 0) is 6.42 Å². The van der Waals surface area contributed by atoms with E-state index in [-0.39, 0.29) is 5.38 Å². The van der Waals surface area contributed by atoms with Gasteiger partial charge in [0.2, 0.25) is 0 Å². The third kappa shape index (κ3) is 3.01. The lowest BCUT2D eigenvalue weighted by Crippen LogP contribution is -1.94. The van der Waals surface area contributed by atoms with Crippen molar-refractivity contribution in [3.05, 3.63) is 55.6 Å². The van der Waals surface area contributed by atoms with Crippen molar-refractivity contribution >= 4 is 50.5 Å². The summed E-state index contributed by atoms with van der Waals surface area (Å²) in [6.45, 7) is 0. The van der Waals surface area contributed by atoms with Gasteiger partial charge < -0.3 is 0 Å². The fourth-order valence-electron chi connectivity index (χ4n) is 1.46. The Morgan fingerprint density at radius 3 is 2.69 bits per heavy atom. The molecule has 0 saturated carbocycles. The summed E-state index contributed by atoms with van der Waals surface area (Å²) in [5.74, 6) is 0. The van der Waals surface area contributed by atoms with Crippen molar-refractivity contribution in [2.24, 2.45) is 0 Å². The van der Waals surface area contributed by atoms with Gasteiger partial charge in [-0.1, -0.05) is 29.8 Å². The summed E-state index contributed by atoms with van der Waals surface area (Å²) >= 11 is 17.5. The summed E-state index contributed by atoms with van der Waals surface area (Å²) in [5, 5.41) is 2.82. The first-order valence-electron chi connectivity index (χ1n) is 4.78. The molecule has 0 amide bonds. The van der Waals surface area contributed by atoms with Gasteiger partial charge in [-0.05, 0) is 51.0 Å². The van der Waals surface area contributed by atoms with Crippen LogP contribution in [-0.4, -0.2) is 0 Å². The van der Waals surface area contributed by atoms with Gasteiger partial charge in [0.25, 0.3) is 0 Å². The monoisotopic (exact) mass is 334 g/mol. The number of benzene rings is 1. The predicted octanol–water partition coefficient (Wildman–Crippen LogP) is 5.69. The third-order valence-electron chi connectivity index (χ3n) is 2.31. The van der Waals surface area contributed by atoms with Crippen LogP contribution in [0.5, 0.6) is 0 Å². The molecule has 0 saturated heterocycles. The highest BCUT2D eigenvalue weighted by Crippen LogP contribution is 2.32. The van der Waals surface area contributed by atoms with E-state index >= 15 is 0 Å². The molecular weight excluding hydrogens is 327 g/mol. The van der Waals surface area contributed by atoms with Crippen molar-refractivity contribution in [3.63, 3.8) is 0 Å². The van der Waals surface area contributed by atoms with Crippen LogP contribution in [0.15, 0.2) is 39.5 Å². The van der Waals surface area contributed by atoms with Crippen LogP contribution in [0, 0.1) is 0 Å². The van der Waals surface area contributed by atoms with Gasteiger partial charge in [0.1, 0.15) is 0 Å². The number of halogens is 3. The Balaban J connectivity index is 2.13. The Hall–Kier alpha value is -0.0200. The Morgan fingerprint density at radius 2 is 2.06 bits per heavy atom. The standard InChI is InChI=1S/C12H9BrCl2S/c13-12-6-9(7-16-12)11(15)5-8-3-1-2-4-10(8)14/h1-4,6-7,11H,5H2. The van der Waals surface area contributed by atoms with Crippen molar-refractivity contribution in [2.75, 3.05) is 0 Å². The Kier molecular flexibility index (Phi) is 4.31. The second-order valence-electron chi connectivity index (χ2n) is 3.45. The van der Waals surface area contributed by atoms with Gasteiger partial charge in [0, 0.05) is 5.02 Å². The fourth-order valence-corrected chi connectivity index (χ4v) is 3.27. The number of hydrogen-bond acceptors (Lipinski definition) is 1. The zero-order valence-corrected chi connectivity index (χ0v) is 12.2. The van der Waals surface area contributed by atoms with E-state index in [0.29, 0.717) is 0 Å². The van der Waals surface area contributed by atoms with Gasteiger partial charge in [-0.3, -0.25) is 0 Å². The molecule has 0 aliphatic heterocycles. The van der Waals surface area contributed by atoms with E-state index in [2.05, 4.69) is 27.4 Å². The lowest BCUT2D eigenvalue weighted by Gasteiger charge is -2.08. The highest BCUT2D eigenvalue weighted by molar-refractivity contribution is 9.11. The highest BCUT2D eigenvalue weighted by Gasteiger charge is 2.12. The predicted molar refractivity (Wildman–Crippen MR) is 75.8 cm³/mol. The molecule has 1 aromatic carbocycles. The zero-order valence-electron chi connectivity index (χ0n) is 8.29.